The first kappa shape index (κ1) is 9.15. The fourth-order valence-electron chi connectivity index (χ4n) is 1.54. The number of pyridine rings is 1. The number of hydrogen-bond donors (Lipinski definition) is 2. The molecule has 3 N–H and O–H groups in total. The summed E-state index contributed by atoms with van der Waals surface area (Å²) in [7, 11) is 0. The summed E-state index contributed by atoms with van der Waals surface area (Å²) in [5.41, 5.74) is 6.59. The van der Waals surface area contributed by atoms with Crippen LogP contribution < -0.4 is 11.1 Å². The summed E-state index contributed by atoms with van der Waals surface area (Å²) in [6, 6.07) is 4.32. The molecule has 1 aromatic heterocycles. The lowest BCUT2D eigenvalue weighted by Gasteiger charge is -2.09. The predicted octanol–water partition coefficient (Wildman–Crippen LogP) is 0.149. The van der Waals surface area contributed by atoms with Crippen molar-refractivity contribution in [3.05, 3.63) is 30.1 Å². The van der Waals surface area contributed by atoms with Crippen LogP contribution in [0.3, 0.4) is 0 Å². The second-order valence-corrected chi connectivity index (χ2v) is 3.34. The second-order valence-electron chi connectivity index (χ2n) is 3.34. The third-order valence-corrected chi connectivity index (χ3v) is 2.28. The molecule has 0 fully saturated rings. The van der Waals surface area contributed by atoms with Crippen LogP contribution in [0.15, 0.2) is 29.5 Å². The number of amidine groups is 1. The van der Waals surface area contributed by atoms with E-state index in [1.54, 1.807) is 12.4 Å². The minimum atomic E-state index is 0.406. The Balaban J connectivity index is 2.02. The summed E-state index contributed by atoms with van der Waals surface area (Å²) in [5, 5.41) is 3.35. The van der Waals surface area contributed by atoms with Gasteiger partial charge in [-0.3, -0.25) is 9.98 Å². The molecule has 0 radical (unpaired) electrons. The van der Waals surface area contributed by atoms with Crippen LogP contribution >= 0.6 is 0 Å². The van der Waals surface area contributed by atoms with Gasteiger partial charge >= 0.3 is 0 Å². The van der Waals surface area contributed by atoms with Crippen LogP contribution in [0.1, 0.15) is 12.0 Å². The lowest BCUT2D eigenvalue weighted by molar-refractivity contribution is 0.610. The largest absolute Gasteiger partial charge is 0.365 e. The lowest BCUT2D eigenvalue weighted by Crippen LogP contribution is -2.32. The number of aliphatic imine (C=N–C) groups is 1. The second kappa shape index (κ2) is 4.19. The van der Waals surface area contributed by atoms with E-state index in [9.17, 15) is 0 Å². The Hall–Kier alpha value is -1.42. The van der Waals surface area contributed by atoms with Gasteiger partial charge in [0.2, 0.25) is 0 Å². The van der Waals surface area contributed by atoms with Crippen molar-refractivity contribution in [1.82, 2.24) is 10.3 Å². The molecule has 1 unspecified atom stereocenters. The fraction of sp³-hybridized carbons (Fsp3) is 0.400. The molecule has 1 atom stereocenters. The topological polar surface area (TPSA) is 63.3 Å². The standard InChI is InChI=1S/C10H14N4/c11-4-1-9-7-13-10(14-9)8-2-5-12-6-3-8/h2-3,5-6,9H,1,4,7,11H2,(H,13,14). The van der Waals surface area contributed by atoms with Gasteiger partial charge in [0.1, 0.15) is 5.84 Å². The average molecular weight is 190 g/mol. The third-order valence-electron chi connectivity index (χ3n) is 2.28. The number of nitrogens with two attached hydrogens (primary N) is 1. The Morgan fingerprint density at radius 2 is 2.21 bits per heavy atom. The summed E-state index contributed by atoms with van der Waals surface area (Å²) in [4.78, 5) is 8.40. The molecule has 4 nitrogen and oxygen atoms in total. The van der Waals surface area contributed by atoms with Crippen LogP contribution in [0.2, 0.25) is 0 Å². The van der Waals surface area contributed by atoms with Crippen molar-refractivity contribution >= 4 is 5.84 Å². The van der Waals surface area contributed by atoms with Crippen molar-refractivity contribution in [1.29, 1.82) is 0 Å². The van der Waals surface area contributed by atoms with Gasteiger partial charge in [0.15, 0.2) is 0 Å². The zero-order chi connectivity index (χ0) is 9.80. The monoisotopic (exact) mass is 190 g/mol. The van der Waals surface area contributed by atoms with Gasteiger partial charge in [0.25, 0.3) is 0 Å². The van der Waals surface area contributed by atoms with E-state index in [4.69, 9.17) is 5.73 Å². The Morgan fingerprint density at radius 1 is 1.43 bits per heavy atom. The molecule has 2 heterocycles. The molecule has 0 aliphatic carbocycles. The van der Waals surface area contributed by atoms with Crippen LogP contribution in [-0.4, -0.2) is 30.0 Å². The molecule has 2 rings (SSSR count). The summed E-state index contributed by atoms with van der Waals surface area (Å²) in [5.74, 6) is 0.964. The smallest absolute Gasteiger partial charge is 0.128 e. The van der Waals surface area contributed by atoms with E-state index >= 15 is 0 Å². The van der Waals surface area contributed by atoms with E-state index in [-0.39, 0.29) is 0 Å². The Bertz CT molecular complexity index is 320. The zero-order valence-electron chi connectivity index (χ0n) is 7.98. The minimum Gasteiger partial charge on any atom is -0.365 e. The van der Waals surface area contributed by atoms with Gasteiger partial charge in [0.05, 0.1) is 6.54 Å². The summed E-state index contributed by atoms with van der Waals surface area (Å²) < 4.78 is 0. The highest BCUT2D eigenvalue weighted by molar-refractivity contribution is 5.99. The molecule has 0 spiro atoms. The molecule has 1 aliphatic rings. The van der Waals surface area contributed by atoms with E-state index in [0.29, 0.717) is 12.6 Å². The molecule has 0 saturated heterocycles. The summed E-state index contributed by atoms with van der Waals surface area (Å²) in [6.07, 6.45) is 4.52. The summed E-state index contributed by atoms with van der Waals surface area (Å²) in [6.45, 7) is 1.53. The van der Waals surface area contributed by atoms with E-state index in [2.05, 4.69) is 15.3 Å². The minimum absolute atomic E-state index is 0.406. The molecule has 1 aromatic rings. The van der Waals surface area contributed by atoms with Crippen LogP contribution in [0.25, 0.3) is 0 Å². The molecular weight excluding hydrogens is 176 g/mol. The Morgan fingerprint density at radius 3 is 2.93 bits per heavy atom. The van der Waals surface area contributed by atoms with Crippen molar-refractivity contribution in [3.63, 3.8) is 0 Å². The van der Waals surface area contributed by atoms with Gasteiger partial charge < -0.3 is 11.1 Å². The van der Waals surface area contributed by atoms with Crippen LogP contribution in [0.4, 0.5) is 0 Å². The van der Waals surface area contributed by atoms with Crippen molar-refractivity contribution in [3.8, 4) is 0 Å². The Labute approximate surface area is 83.3 Å². The van der Waals surface area contributed by atoms with E-state index in [1.807, 2.05) is 12.1 Å². The number of rotatable bonds is 3. The van der Waals surface area contributed by atoms with Gasteiger partial charge in [-0.25, -0.2) is 0 Å². The van der Waals surface area contributed by atoms with Crippen LogP contribution in [0.5, 0.6) is 0 Å². The van der Waals surface area contributed by atoms with E-state index < -0.39 is 0 Å². The fourth-order valence-corrected chi connectivity index (χ4v) is 1.54. The first-order valence-electron chi connectivity index (χ1n) is 4.81. The molecule has 0 saturated carbocycles. The maximum absolute atomic E-state index is 5.49. The molecule has 14 heavy (non-hydrogen) atoms. The van der Waals surface area contributed by atoms with Crippen LogP contribution in [0, 0.1) is 0 Å². The van der Waals surface area contributed by atoms with Crippen molar-refractivity contribution in [2.45, 2.75) is 12.5 Å². The van der Waals surface area contributed by atoms with E-state index in [0.717, 1.165) is 24.4 Å². The normalized spacial score (nSPS) is 20.4. The number of aromatic nitrogens is 1. The SMILES string of the molecule is NCCC1CN=C(c2ccncc2)N1. The van der Waals surface area contributed by atoms with Gasteiger partial charge in [0, 0.05) is 24.0 Å². The van der Waals surface area contributed by atoms with Gasteiger partial charge in [-0.1, -0.05) is 0 Å². The van der Waals surface area contributed by atoms with Crippen molar-refractivity contribution < 1.29 is 0 Å². The van der Waals surface area contributed by atoms with Gasteiger partial charge in [-0.15, -0.1) is 0 Å². The lowest BCUT2D eigenvalue weighted by atomic mass is 10.2. The number of hydrogen-bond acceptors (Lipinski definition) is 4. The van der Waals surface area contributed by atoms with Gasteiger partial charge in [-0.05, 0) is 25.1 Å². The highest BCUT2D eigenvalue weighted by atomic mass is 15.1. The van der Waals surface area contributed by atoms with Crippen molar-refractivity contribution in [2.24, 2.45) is 10.7 Å². The molecule has 0 aromatic carbocycles. The molecule has 0 amide bonds. The maximum atomic E-state index is 5.49. The highest BCUT2D eigenvalue weighted by Crippen LogP contribution is 2.06. The molecule has 0 bridgehead atoms. The first-order chi connectivity index (χ1) is 6.90. The van der Waals surface area contributed by atoms with Gasteiger partial charge in [-0.2, -0.15) is 0 Å². The number of nitrogens with one attached hydrogen (secondary N) is 1. The molecule has 4 heteroatoms. The van der Waals surface area contributed by atoms with Crippen molar-refractivity contribution in [2.75, 3.05) is 13.1 Å². The molecular formula is C10H14N4. The third kappa shape index (κ3) is 1.90. The molecule has 1 aliphatic heterocycles. The van der Waals surface area contributed by atoms with E-state index in [1.165, 1.54) is 0 Å². The van der Waals surface area contributed by atoms with Crippen LogP contribution in [-0.2, 0) is 0 Å². The Kier molecular flexibility index (Phi) is 2.74. The summed E-state index contributed by atoms with van der Waals surface area (Å²) >= 11 is 0. The maximum Gasteiger partial charge on any atom is 0.128 e. The average Bonchev–Trinajstić information content (AvgIpc) is 2.68. The highest BCUT2D eigenvalue weighted by Gasteiger charge is 2.16. The predicted molar refractivity (Wildman–Crippen MR) is 56.2 cm³/mol. The quantitative estimate of drug-likeness (QED) is 0.713. The zero-order valence-corrected chi connectivity index (χ0v) is 7.98. The number of nitrogens with zero attached hydrogens (tertiary/aromatic N) is 2. The first-order valence-corrected chi connectivity index (χ1v) is 4.81. The molecule has 74 valence electrons.